The van der Waals surface area contributed by atoms with Crippen molar-refractivity contribution >= 4 is 31.6 Å². The molecule has 0 saturated heterocycles. The quantitative estimate of drug-likeness (QED) is 0.703. The van der Waals surface area contributed by atoms with Gasteiger partial charge in [0.1, 0.15) is 0 Å². The van der Waals surface area contributed by atoms with Crippen molar-refractivity contribution in [2.45, 2.75) is 5.51 Å². The highest BCUT2D eigenvalue weighted by molar-refractivity contribution is 9.10. The maximum atomic E-state index is 12.9. The molecule has 24 heavy (non-hydrogen) atoms. The van der Waals surface area contributed by atoms with E-state index in [1.54, 1.807) is 30.3 Å². The fraction of sp³-hybridized carbons (Fsp3) is 0.125. The number of alkyl halides is 3. The van der Waals surface area contributed by atoms with Crippen LogP contribution in [0.3, 0.4) is 0 Å². The molecule has 0 aliphatic heterocycles. The maximum absolute atomic E-state index is 12.9. The molecular weight excluding hydrogens is 407 g/mol. The first-order chi connectivity index (χ1) is 11.2. The molecule has 3 nitrogen and oxygen atoms in total. The average molecular weight is 418 g/mol. The molecule has 0 spiro atoms. The molecule has 8 heteroatoms. The van der Waals surface area contributed by atoms with E-state index in [1.807, 2.05) is 0 Å². The third-order valence-corrected chi connectivity index (χ3v) is 4.96. The summed E-state index contributed by atoms with van der Waals surface area (Å²) in [5.74, 6) is 5.13. The monoisotopic (exact) mass is 417 g/mol. The second-order valence-electron chi connectivity index (χ2n) is 4.60. The first-order valence-electron chi connectivity index (χ1n) is 6.60. The second-order valence-corrected chi connectivity index (χ2v) is 7.37. The molecule has 0 heterocycles. The summed E-state index contributed by atoms with van der Waals surface area (Å²) < 4.78 is 63.2. The zero-order valence-electron chi connectivity index (χ0n) is 12.1. The van der Waals surface area contributed by atoms with Crippen LogP contribution in [0.25, 0.3) is 0 Å². The summed E-state index contributed by atoms with van der Waals surface area (Å²) in [5.41, 5.74) is -4.94. The normalized spacial score (nSPS) is 11.5. The Morgan fingerprint density at radius 2 is 1.58 bits per heavy atom. The molecule has 0 amide bonds. The van der Waals surface area contributed by atoms with Gasteiger partial charge < -0.3 is 0 Å². The summed E-state index contributed by atoms with van der Waals surface area (Å²) in [6.45, 7) is -0.613. The molecule has 2 aromatic rings. The molecule has 0 aromatic heterocycles. The lowest BCUT2D eigenvalue weighted by atomic mass is 10.2. The molecule has 0 radical (unpaired) electrons. The van der Waals surface area contributed by atoms with Gasteiger partial charge in [-0.15, -0.1) is 0 Å². The maximum Gasteiger partial charge on any atom is 0.516 e. The molecule has 0 bridgehead atoms. The van der Waals surface area contributed by atoms with Crippen molar-refractivity contribution in [2.24, 2.45) is 0 Å². The Balaban J connectivity index is 2.37. The van der Waals surface area contributed by atoms with Gasteiger partial charge in [-0.3, -0.25) is 4.31 Å². The van der Waals surface area contributed by atoms with E-state index in [9.17, 15) is 21.6 Å². The number of hydrogen-bond acceptors (Lipinski definition) is 2. The van der Waals surface area contributed by atoms with Crippen molar-refractivity contribution < 1.29 is 21.6 Å². The van der Waals surface area contributed by atoms with E-state index in [2.05, 4.69) is 27.8 Å². The zero-order valence-corrected chi connectivity index (χ0v) is 14.5. The van der Waals surface area contributed by atoms with Crippen LogP contribution in [-0.4, -0.2) is 20.5 Å². The predicted molar refractivity (Wildman–Crippen MR) is 89.8 cm³/mol. The van der Waals surface area contributed by atoms with Gasteiger partial charge >= 0.3 is 15.5 Å². The molecule has 0 fully saturated rings. The van der Waals surface area contributed by atoms with Gasteiger partial charge in [0.15, 0.2) is 0 Å². The Kier molecular flexibility index (Phi) is 5.57. The summed E-state index contributed by atoms with van der Waals surface area (Å²) in [4.78, 5) is 0. The van der Waals surface area contributed by atoms with Crippen LogP contribution >= 0.6 is 15.9 Å². The van der Waals surface area contributed by atoms with Crippen molar-refractivity contribution in [3.8, 4) is 11.8 Å². The van der Waals surface area contributed by atoms with E-state index < -0.39 is 22.1 Å². The van der Waals surface area contributed by atoms with Crippen LogP contribution in [0.2, 0.25) is 0 Å². The first kappa shape index (κ1) is 18.4. The lowest BCUT2D eigenvalue weighted by Crippen LogP contribution is -2.41. The van der Waals surface area contributed by atoms with E-state index in [0.29, 0.717) is 10.0 Å². The van der Waals surface area contributed by atoms with Gasteiger partial charge in [0.2, 0.25) is 0 Å². The molecule has 2 rings (SSSR count). The fourth-order valence-electron chi connectivity index (χ4n) is 1.78. The lowest BCUT2D eigenvalue weighted by Gasteiger charge is -2.23. The standard InChI is InChI=1S/C16H11BrF3NO2S/c17-14-8-10-15(11-9-14)21(24(22,23)16(18,19)20)12-4-7-13-5-2-1-3-6-13/h1-3,5-6,8-11H,12H2. The first-order valence-corrected chi connectivity index (χ1v) is 8.83. The molecule has 0 aliphatic carbocycles. The molecule has 0 unspecified atom stereocenters. The molecule has 126 valence electrons. The van der Waals surface area contributed by atoms with Gasteiger partial charge in [-0.2, -0.15) is 21.6 Å². The van der Waals surface area contributed by atoms with E-state index in [4.69, 9.17) is 0 Å². The van der Waals surface area contributed by atoms with Gasteiger partial charge in [-0.25, -0.2) is 0 Å². The van der Waals surface area contributed by atoms with Crippen LogP contribution < -0.4 is 4.31 Å². The van der Waals surface area contributed by atoms with Crippen LogP contribution in [0, 0.1) is 11.8 Å². The molecule has 0 atom stereocenters. The number of rotatable bonds is 3. The molecule has 2 aromatic carbocycles. The highest BCUT2D eigenvalue weighted by Gasteiger charge is 2.50. The number of anilines is 1. The van der Waals surface area contributed by atoms with E-state index in [1.165, 1.54) is 24.3 Å². The van der Waals surface area contributed by atoms with Crippen molar-refractivity contribution in [2.75, 3.05) is 10.8 Å². The van der Waals surface area contributed by atoms with Crippen molar-refractivity contribution in [1.82, 2.24) is 0 Å². The summed E-state index contributed by atoms with van der Waals surface area (Å²) in [6.07, 6.45) is 0. The van der Waals surface area contributed by atoms with Gasteiger partial charge in [0, 0.05) is 10.0 Å². The summed E-state index contributed by atoms with van der Waals surface area (Å²) in [6, 6.07) is 14.0. The minimum atomic E-state index is -5.54. The third-order valence-electron chi connectivity index (χ3n) is 2.93. The zero-order chi connectivity index (χ0) is 17.8. The number of benzene rings is 2. The van der Waals surface area contributed by atoms with Gasteiger partial charge in [0.25, 0.3) is 0 Å². The fourth-order valence-corrected chi connectivity index (χ4v) is 2.93. The second kappa shape index (κ2) is 7.28. The van der Waals surface area contributed by atoms with Crippen LogP contribution in [-0.2, 0) is 10.0 Å². The number of nitrogens with zero attached hydrogens (tertiary/aromatic N) is 1. The smallest absolute Gasteiger partial charge is 0.251 e. The summed E-state index contributed by atoms with van der Waals surface area (Å²) in [7, 11) is -5.54. The van der Waals surface area contributed by atoms with E-state index in [-0.39, 0.29) is 9.99 Å². The van der Waals surface area contributed by atoms with Crippen molar-refractivity contribution in [1.29, 1.82) is 0 Å². The van der Waals surface area contributed by atoms with Gasteiger partial charge in [0.05, 0.1) is 12.2 Å². The lowest BCUT2D eigenvalue weighted by molar-refractivity contribution is -0.0437. The topological polar surface area (TPSA) is 37.4 Å². The van der Waals surface area contributed by atoms with Crippen LogP contribution in [0.1, 0.15) is 5.56 Å². The minimum Gasteiger partial charge on any atom is -0.251 e. The Morgan fingerprint density at radius 1 is 1.00 bits per heavy atom. The largest absolute Gasteiger partial charge is 0.516 e. The van der Waals surface area contributed by atoms with E-state index >= 15 is 0 Å². The molecular formula is C16H11BrF3NO2S. The molecule has 0 N–H and O–H groups in total. The highest BCUT2D eigenvalue weighted by Crippen LogP contribution is 2.31. The predicted octanol–water partition coefficient (Wildman–Crippen LogP) is 4.16. The Bertz CT molecular complexity index is 854. The Morgan fingerprint density at radius 3 is 2.12 bits per heavy atom. The average Bonchev–Trinajstić information content (AvgIpc) is 2.52. The summed E-state index contributed by atoms with van der Waals surface area (Å²) >= 11 is 3.15. The third kappa shape index (κ3) is 4.30. The van der Waals surface area contributed by atoms with E-state index in [0.717, 1.165) is 0 Å². The summed E-state index contributed by atoms with van der Waals surface area (Å²) in [5, 5.41) is 0. The van der Waals surface area contributed by atoms with Crippen molar-refractivity contribution in [3.63, 3.8) is 0 Å². The number of hydrogen-bond donors (Lipinski definition) is 0. The molecule has 0 saturated carbocycles. The number of halogens is 4. The van der Waals surface area contributed by atoms with Crippen molar-refractivity contribution in [3.05, 3.63) is 64.6 Å². The van der Waals surface area contributed by atoms with Crippen LogP contribution in [0.5, 0.6) is 0 Å². The number of sulfonamides is 1. The minimum absolute atomic E-state index is 0.113. The van der Waals surface area contributed by atoms with Crippen LogP contribution in [0.4, 0.5) is 18.9 Å². The Labute approximate surface area is 146 Å². The van der Waals surface area contributed by atoms with Gasteiger partial charge in [-0.1, -0.05) is 46.0 Å². The van der Waals surface area contributed by atoms with Crippen LogP contribution in [0.15, 0.2) is 59.1 Å². The Hall–Kier alpha value is -1.98. The van der Waals surface area contributed by atoms with Gasteiger partial charge in [-0.05, 0) is 36.4 Å². The highest BCUT2D eigenvalue weighted by atomic mass is 79.9. The SMILES string of the molecule is O=S(=O)(N(CC#Cc1ccccc1)c1ccc(Br)cc1)C(F)(F)F. The molecule has 0 aliphatic rings.